The highest BCUT2D eigenvalue weighted by molar-refractivity contribution is 6.02. The van der Waals surface area contributed by atoms with Crippen LogP contribution in [-0.2, 0) is 25.5 Å². The number of anilines is 1. The van der Waals surface area contributed by atoms with Gasteiger partial charge in [-0.3, -0.25) is 14.4 Å². The number of hydrogen-bond acceptors (Lipinski definition) is 5. The number of amides is 3. The molecule has 1 aliphatic heterocycles. The number of ether oxygens (including phenoxy) is 1. The summed E-state index contributed by atoms with van der Waals surface area (Å²) in [5.41, 5.74) is 6.65. The van der Waals surface area contributed by atoms with Gasteiger partial charge >= 0.3 is 5.97 Å². The van der Waals surface area contributed by atoms with Gasteiger partial charge < -0.3 is 20.7 Å². The van der Waals surface area contributed by atoms with Crippen molar-refractivity contribution in [1.29, 1.82) is 0 Å². The Morgan fingerprint density at radius 2 is 1.74 bits per heavy atom. The van der Waals surface area contributed by atoms with Crippen LogP contribution in [0.15, 0.2) is 54.6 Å². The van der Waals surface area contributed by atoms with Gasteiger partial charge in [0.1, 0.15) is 0 Å². The van der Waals surface area contributed by atoms with Crippen LogP contribution in [0.5, 0.6) is 0 Å². The summed E-state index contributed by atoms with van der Waals surface area (Å²) < 4.78 is 5.18. The lowest BCUT2D eigenvalue weighted by atomic mass is 9.97. The van der Waals surface area contributed by atoms with Crippen LogP contribution in [0.25, 0.3) is 0 Å². The highest BCUT2D eigenvalue weighted by Gasteiger charge is 2.27. The lowest BCUT2D eigenvalue weighted by Crippen LogP contribution is -2.45. The fraction of sp³-hybridized carbons (Fsp3) is 0.304. The molecule has 0 aliphatic carbocycles. The van der Waals surface area contributed by atoms with Gasteiger partial charge in [-0.2, -0.15) is 0 Å². The van der Waals surface area contributed by atoms with Gasteiger partial charge in [0.25, 0.3) is 5.91 Å². The van der Waals surface area contributed by atoms with Crippen molar-refractivity contribution in [2.45, 2.75) is 19.3 Å². The van der Waals surface area contributed by atoms with Crippen molar-refractivity contribution in [3.05, 3.63) is 65.7 Å². The first kappa shape index (κ1) is 22.0. The molecule has 3 rings (SSSR count). The number of piperidine rings is 1. The number of carbonyl (C=O) groups is 4. The first-order chi connectivity index (χ1) is 14.9. The van der Waals surface area contributed by atoms with Crippen molar-refractivity contribution in [3.63, 3.8) is 0 Å². The van der Waals surface area contributed by atoms with Crippen LogP contribution in [0.2, 0.25) is 0 Å². The van der Waals surface area contributed by atoms with E-state index in [1.165, 1.54) is 11.0 Å². The Morgan fingerprint density at radius 3 is 2.48 bits per heavy atom. The summed E-state index contributed by atoms with van der Waals surface area (Å²) >= 11 is 0. The fourth-order valence-corrected chi connectivity index (χ4v) is 3.48. The van der Waals surface area contributed by atoms with Gasteiger partial charge in [-0.25, -0.2) is 4.79 Å². The van der Waals surface area contributed by atoms with E-state index in [1.807, 2.05) is 30.3 Å². The highest BCUT2D eigenvalue weighted by atomic mass is 16.5. The summed E-state index contributed by atoms with van der Waals surface area (Å²) in [5.74, 6) is -2.19. The minimum Gasteiger partial charge on any atom is -0.452 e. The summed E-state index contributed by atoms with van der Waals surface area (Å²) in [6, 6.07) is 15.7. The van der Waals surface area contributed by atoms with Crippen LogP contribution in [0, 0.1) is 5.92 Å². The van der Waals surface area contributed by atoms with E-state index in [9.17, 15) is 19.2 Å². The Labute approximate surface area is 180 Å². The van der Waals surface area contributed by atoms with E-state index in [1.54, 1.807) is 18.2 Å². The molecule has 1 aliphatic rings. The topological polar surface area (TPSA) is 119 Å². The highest BCUT2D eigenvalue weighted by Crippen LogP contribution is 2.18. The van der Waals surface area contributed by atoms with Gasteiger partial charge in [0, 0.05) is 13.1 Å². The molecule has 1 fully saturated rings. The van der Waals surface area contributed by atoms with E-state index in [2.05, 4.69) is 5.32 Å². The third kappa shape index (κ3) is 6.15. The number of para-hydroxylation sites is 1. The number of benzene rings is 2. The maximum atomic E-state index is 12.5. The third-order valence-electron chi connectivity index (χ3n) is 5.13. The van der Waals surface area contributed by atoms with Gasteiger partial charge in [-0.05, 0) is 30.5 Å². The maximum absolute atomic E-state index is 12.5. The minimum atomic E-state index is -0.715. The van der Waals surface area contributed by atoms with Gasteiger partial charge in [-0.15, -0.1) is 0 Å². The van der Waals surface area contributed by atoms with Crippen LogP contribution in [0.3, 0.4) is 0 Å². The van der Waals surface area contributed by atoms with Crippen molar-refractivity contribution in [2.75, 3.05) is 25.0 Å². The van der Waals surface area contributed by atoms with Crippen molar-refractivity contribution in [2.24, 2.45) is 11.7 Å². The summed E-state index contributed by atoms with van der Waals surface area (Å²) in [7, 11) is 0. The smallest absolute Gasteiger partial charge is 0.340 e. The molecule has 0 saturated carbocycles. The molecule has 0 aromatic heterocycles. The Morgan fingerprint density at radius 1 is 1.03 bits per heavy atom. The van der Waals surface area contributed by atoms with E-state index in [0.29, 0.717) is 25.1 Å². The lowest BCUT2D eigenvalue weighted by Gasteiger charge is -2.31. The second kappa shape index (κ2) is 10.4. The largest absolute Gasteiger partial charge is 0.452 e. The lowest BCUT2D eigenvalue weighted by molar-refractivity contribution is -0.137. The number of esters is 1. The number of nitrogens with one attached hydrogen (secondary N) is 1. The SMILES string of the molecule is NC(=O)[C@@H]1CCCN(C(=O)COC(=O)c2ccccc2NC(=O)Cc2ccccc2)C1. The molecule has 0 radical (unpaired) electrons. The van der Waals surface area contributed by atoms with Gasteiger partial charge in [0.2, 0.25) is 11.8 Å². The fourth-order valence-electron chi connectivity index (χ4n) is 3.48. The van der Waals surface area contributed by atoms with Crippen molar-refractivity contribution < 1.29 is 23.9 Å². The molecular weight excluding hydrogens is 398 g/mol. The van der Waals surface area contributed by atoms with Gasteiger partial charge in [0.15, 0.2) is 6.61 Å². The summed E-state index contributed by atoms with van der Waals surface area (Å²) in [5, 5.41) is 2.72. The van der Waals surface area contributed by atoms with Crippen LogP contribution < -0.4 is 11.1 Å². The van der Waals surface area contributed by atoms with Crippen molar-refractivity contribution >= 4 is 29.4 Å². The number of hydrogen-bond donors (Lipinski definition) is 2. The van der Waals surface area contributed by atoms with Crippen molar-refractivity contribution in [3.8, 4) is 0 Å². The van der Waals surface area contributed by atoms with Crippen LogP contribution in [-0.4, -0.2) is 48.3 Å². The molecule has 3 N–H and O–H groups in total. The molecule has 0 spiro atoms. The predicted molar refractivity (Wildman–Crippen MR) is 114 cm³/mol. The Balaban J connectivity index is 1.57. The van der Waals surface area contributed by atoms with E-state index in [-0.39, 0.29) is 36.3 Å². The molecule has 8 heteroatoms. The molecule has 31 heavy (non-hydrogen) atoms. The monoisotopic (exact) mass is 423 g/mol. The average Bonchev–Trinajstić information content (AvgIpc) is 2.78. The molecule has 8 nitrogen and oxygen atoms in total. The molecular formula is C23H25N3O5. The maximum Gasteiger partial charge on any atom is 0.340 e. The Bertz CT molecular complexity index is 961. The summed E-state index contributed by atoms with van der Waals surface area (Å²) in [6.07, 6.45) is 1.48. The second-order valence-corrected chi connectivity index (χ2v) is 7.41. The molecule has 2 aromatic rings. The zero-order valence-electron chi connectivity index (χ0n) is 17.1. The third-order valence-corrected chi connectivity index (χ3v) is 5.13. The molecule has 1 heterocycles. The number of carbonyl (C=O) groups excluding carboxylic acids is 4. The molecule has 0 unspecified atom stereocenters. The molecule has 2 aromatic carbocycles. The first-order valence-electron chi connectivity index (χ1n) is 10.1. The number of primary amides is 1. The van der Waals surface area contributed by atoms with Crippen LogP contribution >= 0.6 is 0 Å². The van der Waals surface area contributed by atoms with Crippen molar-refractivity contribution in [1.82, 2.24) is 4.90 Å². The average molecular weight is 423 g/mol. The van der Waals surface area contributed by atoms with Gasteiger partial charge in [0.05, 0.1) is 23.6 Å². The minimum absolute atomic E-state index is 0.158. The normalized spacial score (nSPS) is 15.7. The van der Waals surface area contributed by atoms with Crippen LogP contribution in [0.1, 0.15) is 28.8 Å². The summed E-state index contributed by atoms with van der Waals surface area (Å²) in [4.78, 5) is 50.2. The quantitative estimate of drug-likeness (QED) is 0.658. The standard InChI is InChI=1S/C23H25N3O5/c24-22(29)17-9-6-12-26(14-17)21(28)15-31-23(30)18-10-4-5-11-19(18)25-20(27)13-16-7-2-1-3-8-16/h1-5,7-8,10-11,17H,6,9,12-15H2,(H2,24,29)(H,25,27)/t17-/m1/s1. The molecule has 1 saturated heterocycles. The number of likely N-dealkylation sites (tertiary alicyclic amines) is 1. The zero-order valence-corrected chi connectivity index (χ0v) is 17.1. The number of nitrogens with two attached hydrogens (primary N) is 1. The van der Waals surface area contributed by atoms with E-state index in [4.69, 9.17) is 10.5 Å². The van der Waals surface area contributed by atoms with E-state index in [0.717, 1.165) is 5.56 Å². The molecule has 1 atom stereocenters. The van der Waals surface area contributed by atoms with E-state index < -0.39 is 18.5 Å². The number of nitrogens with zero attached hydrogens (tertiary/aromatic N) is 1. The van der Waals surface area contributed by atoms with Gasteiger partial charge in [-0.1, -0.05) is 42.5 Å². The predicted octanol–water partition coefficient (Wildman–Crippen LogP) is 1.75. The molecule has 0 bridgehead atoms. The molecule has 3 amide bonds. The molecule has 162 valence electrons. The Kier molecular flexibility index (Phi) is 7.37. The number of rotatable bonds is 7. The zero-order chi connectivity index (χ0) is 22.2. The van der Waals surface area contributed by atoms with E-state index >= 15 is 0 Å². The Hall–Kier alpha value is -3.68. The first-order valence-corrected chi connectivity index (χ1v) is 10.1. The second-order valence-electron chi connectivity index (χ2n) is 7.41. The summed E-state index contributed by atoms with van der Waals surface area (Å²) in [6.45, 7) is 0.279. The van der Waals surface area contributed by atoms with Crippen LogP contribution in [0.4, 0.5) is 5.69 Å².